The molecule has 0 bridgehead atoms. The minimum absolute atomic E-state index is 0.214. The molecule has 0 fully saturated rings. The van der Waals surface area contributed by atoms with Crippen LogP contribution >= 0.6 is 22.6 Å². The molecule has 0 unspecified atom stereocenters. The summed E-state index contributed by atoms with van der Waals surface area (Å²) in [7, 11) is 6.05. The Labute approximate surface area is 154 Å². The molecule has 0 saturated heterocycles. The third-order valence-electron chi connectivity index (χ3n) is 3.55. The van der Waals surface area contributed by atoms with E-state index in [0.717, 1.165) is 9.13 Å². The number of hydrogen-bond donors (Lipinski definition) is 0. The van der Waals surface area contributed by atoms with Gasteiger partial charge in [0.1, 0.15) is 11.3 Å². The monoisotopic (exact) mass is 443 g/mol. The fourth-order valence-corrected chi connectivity index (χ4v) is 3.00. The lowest BCUT2D eigenvalue weighted by atomic mass is 9.98. The van der Waals surface area contributed by atoms with Gasteiger partial charge in [-0.3, -0.25) is 4.79 Å². The predicted octanol–water partition coefficient (Wildman–Crippen LogP) is 3.26. The number of ether oxygens (including phenoxy) is 4. The van der Waals surface area contributed by atoms with Crippen LogP contribution in [0.4, 0.5) is 0 Å². The normalized spacial score (nSPS) is 10.2. The maximum Gasteiger partial charge on any atom is 0.228 e. The summed E-state index contributed by atoms with van der Waals surface area (Å²) in [5.41, 5.74) is 1.50. The molecule has 128 valence electrons. The zero-order chi connectivity index (χ0) is 17.9. The summed E-state index contributed by atoms with van der Waals surface area (Å²) in [5.74, 6) is 1.43. The topological polar surface area (TPSA) is 66.9 Å². The van der Waals surface area contributed by atoms with E-state index in [2.05, 4.69) is 27.6 Å². The number of benzene rings is 1. The van der Waals surface area contributed by atoms with Crippen LogP contribution in [0.2, 0.25) is 0 Å². The molecule has 1 aromatic heterocycles. The molecule has 2 rings (SSSR count). The molecule has 1 aromatic carbocycles. The van der Waals surface area contributed by atoms with Crippen LogP contribution in [0.5, 0.6) is 23.1 Å². The van der Waals surface area contributed by atoms with Gasteiger partial charge in [0.05, 0.1) is 32.0 Å². The molecule has 0 N–H and O–H groups in total. The van der Waals surface area contributed by atoms with Crippen molar-refractivity contribution in [3.8, 4) is 23.1 Å². The highest BCUT2D eigenvalue weighted by Gasteiger charge is 2.25. The van der Waals surface area contributed by atoms with E-state index in [4.69, 9.17) is 18.9 Å². The van der Waals surface area contributed by atoms with Crippen molar-refractivity contribution in [1.82, 2.24) is 4.98 Å². The Kier molecular flexibility index (Phi) is 5.87. The van der Waals surface area contributed by atoms with E-state index >= 15 is 0 Å². The molecule has 0 aliphatic heterocycles. The molecule has 0 aliphatic rings. The average Bonchev–Trinajstić information content (AvgIpc) is 2.60. The van der Waals surface area contributed by atoms with Crippen molar-refractivity contribution in [3.63, 3.8) is 0 Å². The van der Waals surface area contributed by atoms with Crippen molar-refractivity contribution in [3.05, 3.63) is 38.6 Å². The second-order valence-electron chi connectivity index (χ2n) is 4.87. The zero-order valence-electron chi connectivity index (χ0n) is 14.1. The van der Waals surface area contributed by atoms with Crippen LogP contribution in [-0.4, -0.2) is 39.2 Å². The third-order valence-corrected chi connectivity index (χ3v) is 4.32. The lowest BCUT2D eigenvalue weighted by Gasteiger charge is -2.15. The van der Waals surface area contributed by atoms with E-state index in [-0.39, 0.29) is 17.2 Å². The minimum Gasteiger partial charge on any atom is -0.495 e. The standard InChI is InChI=1S/C17H18INO5/c1-9-6-12(21-2)13(22-3)7-10(9)15(20)14-16(23-4)11(18)8-19-17(14)24-5/h6-8H,1-5H3. The number of methoxy groups -OCH3 is 4. The second-order valence-corrected chi connectivity index (χ2v) is 6.04. The van der Waals surface area contributed by atoms with Gasteiger partial charge in [-0.25, -0.2) is 4.98 Å². The van der Waals surface area contributed by atoms with Gasteiger partial charge in [-0.1, -0.05) is 0 Å². The zero-order valence-corrected chi connectivity index (χ0v) is 16.3. The number of nitrogens with zero attached hydrogens (tertiary/aromatic N) is 1. The van der Waals surface area contributed by atoms with Crippen LogP contribution in [-0.2, 0) is 0 Å². The molecule has 7 heteroatoms. The van der Waals surface area contributed by atoms with Gasteiger partial charge in [0, 0.05) is 11.8 Å². The summed E-state index contributed by atoms with van der Waals surface area (Å²) in [6.45, 7) is 1.83. The van der Waals surface area contributed by atoms with Gasteiger partial charge >= 0.3 is 0 Å². The largest absolute Gasteiger partial charge is 0.495 e. The molecule has 0 aliphatic carbocycles. The number of pyridine rings is 1. The van der Waals surface area contributed by atoms with E-state index in [9.17, 15) is 4.79 Å². The molecular formula is C17H18INO5. The number of hydrogen-bond acceptors (Lipinski definition) is 6. The van der Waals surface area contributed by atoms with Crippen LogP contribution in [0.25, 0.3) is 0 Å². The van der Waals surface area contributed by atoms with Crippen molar-refractivity contribution < 1.29 is 23.7 Å². The molecule has 0 amide bonds. The molecule has 24 heavy (non-hydrogen) atoms. The number of aryl methyl sites for hydroxylation is 1. The van der Waals surface area contributed by atoms with E-state index in [1.807, 2.05) is 6.92 Å². The Balaban J connectivity index is 2.68. The van der Waals surface area contributed by atoms with Gasteiger partial charge < -0.3 is 18.9 Å². The Hall–Kier alpha value is -2.03. The molecule has 6 nitrogen and oxygen atoms in total. The molecule has 0 atom stereocenters. The highest BCUT2D eigenvalue weighted by atomic mass is 127. The third kappa shape index (κ3) is 3.26. The number of rotatable bonds is 6. The van der Waals surface area contributed by atoms with E-state index in [1.54, 1.807) is 25.4 Å². The Bertz CT molecular complexity index is 776. The highest BCUT2D eigenvalue weighted by molar-refractivity contribution is 14.1. The maximum absolute atomic E-state index is 13.1. The maximum atomic E-state index is 13.1. The summed E-state index contributed by atoms with van der Waals surface area (Å²) in [6.07, 6.45) is 1.59. The number of carbonyl (C=O) groups is 1. The predicted molar refractivity (Wildman–Crippen MR) is 97.8 cm³/mol. The van der Waals surface area contributed by atoms with Gasteiger partial charge in [-0.05, 0) is 47.2 Å². The fraction of sp³-hybridized carbons (Fsp3) is 0.294. The van der Waals surface area contributed by atoms with Gasteiger partial charge in [-0.15, -0.1) is 0 Å². The van der Waals surface area contributed by atoms with Crippen molar-refractivity contribution in [2.45, 2.75) is 6.92 Å². The quantitative estimate of drug-likeness (QED) is 0.505. The number of aromatic nitrogens is 1. The lowest BCUT2D eigenvalue weighted by molar-refractivity contribution is 0.103. The number of ketones is 1. The Morgan fingerprint density at radius 3 is 2.17 bits per heavy atom. The smallest absolute Gasteiger partial charge is 0.228 e. The summed E-state index contributed by atoms with van der Waals surface area (Å²) in [5, 5.41) is 0. The van der Waals surface area contributed by atoms with Crippen LogP contribution in [0.15, 0.2) is 18.3 Å². The van der Waals surface area contributed by atoms with Crippen LogP contribution in [0.3, 0.4) is 0 Å². The summed E-state index contributed by atoms with van der Waals surface area (Å²) < 4.78 is 21.9. The first-order valence-corrected chi connectivity index (χ1v) is 8.10. The number of halogens is 1. The fourth-order valence-electron chi connectivity index (χ4n) is 2.37. The first-order valence-electron chi connectivity index (χ1n) is 7.02. The van der Waals surface area contributed by atoms with Crippen molar-refractivity contribution >= 4 is 28.4 Å². The van der Waals surface area contributed by atoms with E-state index in [0.29, 0.717) is 22.8 Å². The summed E-state index contributed by atoms with van der Waals surface area (Å²) >= 11 is 2.07. The number of carbonyl (C=O) groups excluding carboxylic acids is 1. The van der Waals surface area contributed by atoms with Crippen molar-refractivity contribution in [2.75, 3.05) is 28.4 Å². The summed E-state index contributed by atoms with van der Waals surface area (Å²) in [6, 6.07) is 3.40. The van der Waals surface area contributed by atoms with Gasteiger partial charge in [0.15, 0.2) is 11.5 Å². The van der Waals surface area contributed by atoms with Crippen LogP contribution in [0, 0.1) is 10.5 Å². The lowest BCUT2D eigenvalue weighted by Crippen LogP contribution is -2.11. The van der Waals surface area contributed by atoms with Crippen LogP contribution < -0.4 is 18.9 Å². The molecule has 1 heterocycles. The molecule has 0 saturated carbocycles. The average molecular weight is 443 g/mol. The second kappa shape index (κ2) is 7.69. The first kappa shape index (κ1) is 18.3. The van der Waals surface area contributed by atoms with E-state index in [1.165, 1.54) is 21.3 Å². The Morgan fingerprint density at radius 2 is 1.62 bits per heavy atom. The van der Waals surface area contributed by atoms with E-state index < -0.39 is 0 Å². The highest BCUT2D eigenvalue weighted by Crippen LogP contribution is 2.36. The molecule has 0 spiro atoms. The molecule has 0 radical (unpaired) electrons. The van der Waals surface area contributed by atoms with Crippen LogP contribution in [0.1, 0.15) is 21.5 Å². The SMILES string of the molecule is COc1cc(C)c(C(=O)c2c(OC)ncc(I)c2OC)cc1OC. The molecule has 2 aromatic rings. The Morgan fingerprint density at radius 1 is 1.00 bits per heavy atom. The van der Waals surface area contributed by atoms with Crippen molar-refractivity contribution in [2.24, 2.45) is 0 Å². The summed E-state index contributed by atoms with van der Waals surface area (Å²) in [4.78, 5) is 17.3. The minimum atomic E-state index is -0.256. The van der Waals surface area contributed by atoms with Gasteiger partial charge in [0.2, 0.25) is 11.7 Å². The molecular weight excluding hydrogens is 425 g/mol. The van der Waals surface area contributed by atoms with Gasteiger partial charge in [0.25, 0.3) is 0 Å². The van der Waals surface area contributed by atoms with Crippen molar-refractivity contribution in [1.29, 1.82) is 0 Å². The first-order chi connectivity index (χ1) is 11.5. The van der Waals surface area contributed by atoms with Gasteiger partial charge in [-0.2, -0.15) is 0 Å².